The number of aromatic nitrogens is 2. The fraction of sp³-hybridized carbons (Fsp3) is 0. The highest BCUT2D eigenvalue weighted by Crippen LogP contribution is 2.24. The minimum atomic E-state index is -0.440. The molecule has 19 heavy (non-hydrogen) atoms. The van der Waals surface area contributed by atoms with Gasteiger partial charge in [-0.15, -0.1) is 0 Å². The fourth-order valence-corrected chi connectivity index (χ4v) is 2.39. The Hall–Kier alpha value is -2.01. The molecule has 0 saturated carbocycles. The predicted molar refractivity (Wildman–Crippen MR) is 73.6 cm³/mol. The lowest BCUT2D eigenvalue weighted by molar-refractivity contribution is 0.103. The molecule has 0 aliphatic rings. The molecule has 1 aromatic carbocycles. The van der Waals surface area contributed by atoms with Crippen LogP contribution < -0.4 is 0 Å². The van der Waals surface area contributed by atoms with Gasteiger partial charge in [0.15, 0.2) is 5.78 Å². The first-order valence-corrected chi connectivity index (χ1v) is 6.38. The van der Waals surface area contributed by atoms with Crippen LogP contribution in [0.5, 0.6) is 0 Å². The Morgan fingerprint density at radius 1 is 1.26 bits per heavy atom. The van der Waals surface area contributed by atoms with Crippen LogP contribution in [0, 0.1) is 5.82 Å². The van der Waals surface area contributed by atoms with E-state index in [-0.39, 0.29) is 5.78 Å². The van der Waals surface area contributed by atoms with E-state index >= 15 is 0 Å². The average molecular weight is 319 g/mol. The Kier molecular flexibility index (Phi) is 2.91. The van der Waals surface area contributed by atoms with E-state index in [2.05, 4.69) is 25.9 Å². The molecule has 3 aromatic rings. The van der Waals surface area contributed by atoms with Crippen LogP contribution in [-0.2, 0) is 0 Å². The largest absolute Gasteiger partial charge is 0.345 e. The molecule has 1 N–H and O–H groups in total. The van der Waals surface area contributed by atoms with Crippen molar-refractivity contribution in [2.45, 2.75) is 0 Å². The number of nitrogens with one attached hydrogen (secondary N) is 1. The number of carbonyl (C=O) groups is 1. The topological polar surface area (TPSA) is 45.8 Å². The summed E-state index contributed by atoms with van der Waals surface area (Å²) in [6.45, 7) is 0. The summed E-state index contributed by atoms with van der Waals surface area (Å²) in [5, 5.41) is 0.726. The van der Waals surface area contributed by atoms with Crippen LogP contribution in [0.4, 0.5) is 4.39 Å². The van der Waals surface area contributed by atoms with Crippen molar-refractivity contribution in [2.75, 3.05) is 0 Å². The molecule has 0 bridgehead atoms. The van der Waals surface area contributed by atoms with Gasteiger partial charge in [0.1, 0.15) is 11.5 Å². The maximum Gasteiger partial charge on any atom is 0.196 e. The van der Waals surface area contributed by atoms with Crippen molar-refractivity contribution < 1.29 is 9.18 Å². The van der Waals surface area contributed by atoms with Crippen LogP contribution in [-0.4, -0.2) is 15.8 Å². The van der Waals surface area contributed by atoms with E-state index in [4.69, 9.17) is 0 Å². The Morgan fingerprint density at radius 3 is 2.95 bits per heavy atom. The molecule has 0 unspecified atom stereocenters. The number of fused-ring (bicyclic) bond motifs is 1. The van der Waals surface area contributed by atoms with Crippen molar-refractivity contribution in [2.24, 2.45) is 0 Å². The number of aromatic amines is 1. The molecule has 0 aliphatic heterocycles. The number of rotatable bonds is 2. The number of benzene rings is 1. The molecule has 3 rings (SSSR count). The second-order valence-electron chi connectivity index (χ2n) is 4.06. The third kappa shape index (κ3) is 2.06. The van der Waals surface area contributed by atoms with Crippen molar-refractivity contribution in [3.8, 4) is 0 Å². The first kappa shape index (κ1) is 12.0. The molecule has 0 radical (unpaired) electrons. The van der Waals surface area contributed by atoms with Gasteiger partial charge in [-0.2, -0.15) is 0 Å². The first-order chi connectivity index (χ1) is 9.16. The molecule has 94 valence electrons. The molecule has 2 aromatic heterocycles. The maximum atomic E-state index is 13.3. The zero-order chi connectivity index (χ0) is 13.4. The van der Waals surface area contributed by atoms with Gasteiger partial charge >= 0.3 is 0 Å². The molecule has 0 saturated heterocycles. The highest BCUT2D eigenvalue weighted by Gasteiger charge is 2.17. The predicted octanol–water partition coefficient (Wildman–Crippen LogP) is 3.70. The van der Waals surface area contributed by atoms with Crippen molar-refractivity contribution in [1.82, 2.24) is 9.97 Å². The van der Waals surface area contributed by atoms with Crippen molar-refractivity contribution in [1.29, 1.82) is 0 Å². The summed E-state index contributed by atoms with van der Waals surface area (Å²) >= 11 is 3.27. The third-order valence-corrected chi connectivity index (χ3v) is 3.56. The molecule has 0 spiro atoms. The zero-order valence-electron chi connectivity index (χ0n) is 9.65. The number of pyridine rings is 1. The van der Waals surface area contributed by atoms with E-state index < -0.39 is 5.82 Å². The van der Waals surface area contributed by atoms with Gasteiger partial charge in [0, 0.05) is 33.4 Å². The molecule has 0 amide bonds. The summed E-state index contributed by atoms with van der Waals surface area (Å²) in [4.78, 5) is 19.5. The third-order valence-electron chi connectivity index (χ3n) is 2.87. The average Bonchev–Trinajstić information content (AvgIpc) is 2.84. The van der Waals surface area contributed by atoms with Gasteiger partial charge in [-0.1, -0.05) is 15.9 Å². The Morgan fingerprint density at radius 2 is 2.11 bits per heavy atom. The standard InChI is InChI=1S/C14H8BrFN2O/c15-12-4-3-8(16)6-10(12)13(19)11-7-18-14-9(11)2-1-5-17-14/h1-7H,(H,17,18). The van der Waals surface area contributed by atoms with Gasteiger partial charge in [-0.25, -0.2) is 9.37 Å². The smallest absolute Gasteiger partial charge is 0.196 e. The van der Waals surface area contributed by atoms with Gasteiger partial charge in [-0.05, 0) is 30.3 Å². The lowest BCUT2D eigenvalue weighted by Gasteiger charge is -2.03. The van der Waals surface area contributed by atoms with Crippen molar-refractivity contribution in [3.63, 3.8) is 0 Å². The van der Waals surface area contributed by atoms with Gasteiger partial charge < -0.3 is 4.98 Å². The van der Waals surface area contributed by atoms with Crippen LogP contribution in [0.15, 0.2) is 47.2 Å². The van der Waals surface area contributed by atoms with Gasteiger partial charge in [0.25, 0.3) is 0 Å². The molecule has 5 heteroatoms. The fourth-order valence-electron chi connectivity index (χ4n) is 1.96. The van der Waals surface area contributed by atoms with Gasteiger partial charge in [0.2, 0.25) is 0 Å². The summed E-state index contributed by atoms with van der Waals surface area (Å²) < 4.78 is 13.8. The van der Waals surface area contributed by atoms with E-state index in [1.54, 1.807) is 24.5 Å². The molecule has 0 atom stereocenters. The number of halogens is 2. The number of hydrogen-bond acceptors (Lipinski definition) is 2. The van der Waals surface area contributed by atoms with Crippen molar-refractivity contribution >= 4 is 32.7 Å². The van der Waals surface area contributed by atoms with Gasteiger partial charge in [0.05, 0.1) is 0 Å². The van der Waals surface area contributed by atoms with E-state index in [1.807, 2.05) is 0 Å². The van der Waals surface area contributed by atoms with Gasteiger partial charge in [-0.3, -0.25) is 4.79 Å². The number of carbonyl (C=O) groups excluding carboxylic acids is 1. The zero-order valence-corrected chi connectivity index (χ0v) is 11.2. The highest BCUT2D eigenvalue weighted by atomic mass is 79.9. The number of H-pyrrole nitrogens is 1. The molecule has 2 heterocycles. The second-order valence-corrected chi connectivity index (χ2v) is 4.91. The summed E-state index contributed by atoms with van der Waals surface area (Å²) in [6.07, 6.45) is 3.24. The van der Waals surface area contributed by atoms with E-state index in [9.17, 15) is 9.18 Å². The molecule has 3 nitrogen and oxygen atoms in total. The Labute approximate surface area is 116 Å². The van der Waals surface area contributed by atoms with E-state index in [0.29, 0.717) is 21.2 Å². The van der Waals surface area contributed by atoms with Crippen LogP contribution >= 0.6 is 15.9 Å². The van der Waals surface area contributed by atoms with Crippen LogP contribution in [0.25, 0.3) is 11.0 Å². The molecule has 0 aliphatic carbocycles. The lowest BCUT2D eigenvalue weighted by atomic mass is 10.0. The van der Waals surface area contributed by atoms with Crippen molar-refractivity contribution in [3.05, 3.63) is 64.1 Å². The molecular formula is C14H8BrFN2O. The highest BCUT2D eigenvalue weighted by molar-refractivity contribution is 9.10. The Bertz CT molecular complexity index is 782. The van der Waals surface area contributed by atoms with Crippen LogP contribution in [0.2, 0.25) is 0 Å². The normalized spacial score (nSPS) is 10.8. The summed E-state index contributed by atoms with van der Waals surface area (Å²) in [6, 6.07) is 7.61. The van der Waals surface area contributed by atoms with Crippen LogP contribution in [0.3, 0.4) is 0 Å². The summed E-state index contributed by atoms with van der Waals surface area (Å²) in [7, 11) is 0. The molecule has 0 fully saturated rings. The summed E-state index contributed by atoms with van der Waals surface area (Å²) in [5.41, 5.74) is 1.41. The summed E-state index contributed by atoms with van der Waals surface area (Å²) in [5.74, 6) is -0.685. The maximum absolute atomic E-state index is 13.3. The van der Waals surface area contributed by atoms with E-state index in [1.165, 1.54) is 18.2 Å². The minimum absolute atomic E-state index is 0.245. The number of hydrogen-bond donors (Lipinski definition) is 1. The van der Waals surface area contributed by atoms with Crippen LogP contribution in [0.1, 0.15) is 15.9 Å². The minimum Gasteiger partial charge on any atom is -0.345 e. The Balaban J connectivity index is 2.16. The molecular weight excluding hydrogens is 311 g/mol. The SMILES string of the molecule is O=C(c1cc(F)ccc1Br)c1c[nH]c2ncccc12. The van der Waals surface area contributed by atoms with E-state index in [0.717, 1.165) is 5.39 Å². The quantitative estimate of drug-likeness (QED) is 0.732. The lowest BCUT2D eigenvalue weighted by Crippen LogP contribution is -2.02. The second kappa shape index (κ2) is 4.59. The number of ketones is 1. The number of nitrogens with zero attached hydrogens (tertiary/aromatic N) is 1. The monoisotopic (exact) mass is 318 g/mol. The first-order valence-electron chi connectivity index (χ1n) is 5.58.